The molecule has 0 atom stereocenters. The number of aromatic nitrogens is 2. The van der Waals surface area contributed by atoms with Crippen LogP contribution in [-0.2, 0) is 11.2 Å². The van der Waals surface area contributed by atoms with Gasteiger partial charge in [0.2, 0.25) is 0 Å². The first-order chi connectivity index (χ1) is 10.2. The van der Waals surface area contributed by atoms with Crippen molar-refractivity contribution in [2.24, 2.45) is 0 Å². The van der Waals surface area contributed by atoms with Gasteiger partial charge in [-0.2, -0.15) is 0 Å². The highest BCUT2D eigenvalue weighted by Crippen LogP contribution is 2.21. The fourth-order valence-corrected chi connectivity index (χ4v) is 2.22. The quantitative estimate of drug-likeness (QED) is 0.352. The number of nitrogens with two attached hydrogens (primary N) is 1. The lowest BCUT2D eigenvalue weighted by Crippen LogP contribution is -2.27. The zero-order valence-corrected chi connectivity index (χ0v) is 12.1. The Morgan fingerprint density at radius 2 is 2.24 bits per heavy atom. The number of hydrogen-bond donors (Lipinski definition) is 4. The van der Waals surface area contributed by atoms with E-state index in [-0.39, 0.29) is 6.54 Å². The summed E-state index contributed by atoms with van der Waals surface area (Å²) in [7, 11) is 0. The van der Waals surface area contributed by atoms with Crippen LogP contribution in [-0.4, -0.2) is 27.0 Å². The molecular weight excluding hydrogens is 270 g/mol. The van der Waals surface area contributed by atoms with E-state index in [4.69, 9.17) is 10.9 Å². The molecule has 0 aromatic carbocycles. The number of unbranched alkanes of at least 4 members (excludes halogenated alkanes) is 2. The monoisotopic (exact) mass is 291 g/mol. The molecule has 0 aliphatic heterocycles. The van der Waals surface area contributed by atoms with Gasteiger partial charge in [-0.05, 0) is 25.0 Å². The van der Waals surface area contributed by atoms with E-state index in [1.54, 1.807) is 17.7 Å². The molecule has 1 amide bonds. The molecule has 0 spiro atoms. The summed E-state index contributed by atoms with van der Waals surface area (Å²) in [5, 5.41) is 11.6. The Bertz CT molecular complexity index is 623. The summed E-state index contributed by atoms with van der Waals surface area (Å²) in [6.07, 6.45) is 5.91. The van der Waals surface area contributed by atoms with Gasteiger partial charge < -0.3 is 11.1 Å². The molecule has 21 heavy (non-hydrogen) atoms. The van der Waals surface area contributed by atoms with Crippen molar-refractivity contribution >= 4 is 23.1 Å². The fraction of sp³-hybridized carbons (Fsp3) is 0.429. The van der Waals surface area contributed by atoms with Gasteiger partial charge in [0.1, 0.15) is 11.5 Å². The van der Waals surface area contributed by atoms with E-state index in [1.807, 2.05) is 10.5 Å². The highest BCUT2D eigenvalue weighted by Gasteiger charge is 2.13. The van der Waals surface area contributed by atoms with Crippen molar-refractivity contribution in [3.8, 4) is 0 Å². The topological polar surface area (TPSA) is 105 Å². The molecule has 2 aromatic heterocycles. The number of amides is 1. The second-order valence-corrected chi connectivity index (χ2v) is 4.94. The smallest absolute Gasteiger partial charge is 0.262 e. The molecule has 0 aliphatic rings. The van der Waals surface area contributed by atoms with E-state index in [2.05, 4.69) is 17.2 Å². The van der Waals surface area contributed by atoms with E-state index in [9.17, 15) is 4.79 Å². The molecule has 0 saturated carbocycles. The first-order valence-corrected chi connectivity index (χ1v) is 7.09. The minimum Gasteiger partial charge on any atom is -0.398 e. The number of anilines is 2. The number of nitrogens with one attached hydrogen (secondary N) is 2. The van der Waals surface area contributed by atoms with Crippen LogP contribution >= 0.6 is 0 Å². The number of fused-ring (bicyclic) bond motifs is 1. The third-order valence-electron chi connectivity index (χ3n) is 3.27. The molecular formula is C14H21N5O2. The molecule has 7 nitrogen and oxygen atoms in total. The van der Waals surface area contributed by atoms with Crippen LogP contribution in [0.25, 0.3) is 5.65 Å². The molecule has 7 heteroatoms. The number of nitrogens with zero attached hydrogens (tertiary/aromatic N) is 2. The second-order valence-electron chi connectivity index (χ2n) is 4.94. The Morgan fingerprint density at radius 1 is 1.43 bits per heavy atom. The number of hydroxylamine groups is 1. The van der Waals surface area contributed by atoms with E-state index < -0.39 is 5.91 Å². The molecule has 0 saturated heterocycles. The highest BCUT2D eigenvalue weighted by molar-refractivity contribution is 5.79. The number of hydrogen-bond acceptors (Lipinski definition) is 5. The molecule has 114 valence electrons. The third kappa shape index (κ3) is 3.63. The van der Waals surface area contributed by atoms with Crippen molar-refractivity contribution in [1.82, 2.24) is 14.9 Å². The SMILES string of the molecule is CCCCCc1nc2ccc(N)cn2c1NCC(=O)NO. The van der Waals surface area contributed by atoms with E-state index >= 15 is 0 Å². The minimum atomic E-state index is -0.506. The van der Waals surface area contributed by atoms with Crippen molar-refractivity contribution in [1.29, 1.82) is 0 Å². The van der Waals surface area contributed by atoms with Gasteiger partial charge in [-0.25, -0.2) is 10.5 Å². The molecule has 2 heterocycles. The number of nitrogen functional groups attached to an aromatic ring is 1. The van der Waals surface area contributed by atoms with Gasteiger partial charge in [0, 0.05) is 11.9 Å². The van der Waals surface area contributed by atoms with Crippen LogP contribution in [0, 0.1) is 0 Å². The van der Waals surface area contributed by atoms with Crippen LogP contribution in [0.15, 0.2) is 18.3 Å². The van der Waals surface area contributed by atoms with Gasteiger partial charge >= 0.3 is 0 Å². The van der Waals surface area contributed by atoms with Crippen LogP contribution in [0.2, 0.25) is 0 Å². The Kier molecular flexibility index (Phi) is 4.99. The van der Waals surface area contributed by atoms with Crippen LogP contribution in [0.5, 0.6) is 0 Å². The van der Waals surface area contributed by atoms with Crippen LogP contribution in [0.4, 0.5) is 11.5 Å². The van der Waals surface area contributed by atoms with Gasteiger partial charge in [0.05, 0.1) is 12.2 Å². The summed E-state index contributed by atoms with van der Waals surface area (Å²) in [6.45, 7) is 2.12. The molecule has 2 aromatic rings. The van der Waals surface area contributed by atoms with Crippen LogP contribution in [0.3, 0.4) is 0 Å². The molecule has 2 rings (SSSR count). The Labute approximate surface area is 123 Å². The lowest BCUT2D eigenvalue weighted by Gasteiger charge is -2.08. The number of pyridine rings is 1. The summed E-state index contributed by atoms with van der Waals surface area (Å²) in [5.41, 5.74) is 9.72. The normalized spacial score (nSPS) is 10.8. The molecule has 0 aliphatic carbocycles. The molecule has 0 bridgehead atoms. The standard InChI is InChI=1S/C14H21N5O2/c1-2-3-4-5-11-14(16-8-13(20)18-21)19-9-10(15)6-7-12(19)17-11/h6-7,9,16,21H,2-5,8,15H2,1H3,(H,18,20). The lowest BCUT2D eigenvalue weighted by molar-refractivity contribution is -0.127. The molecule has 0 unspecified atom stereocenters. The maximum atomic E-state index is 11.2. The zero-order chi connectivity index (χ0) is 15.2. The zero-order valence-electron chi connectivity index (χ0n) is 12.1. The lowest BCUT2D eigenvalue weighted by atomic mass is 10.1. The van der Waals surface area contributed by atoms with Crippen molar-refractivity contribution < 1.29 is 10.0 Å². The van der Waals surface area contributed by atoms with Gasteiger partial charge in [0.25, 0.3) is 5.91 Å². The van der Waals surface area contributed by atoms with Gasteiger partial charge in [0.15, 0.2) is 0 Å². The third-order valence-corrected chi connectivity index (χ3v) is 3.27. The van der Waals surface area contributed by atoms with E-state index in [1.165, 1.54) is 0 Å². The predicted octanol–water partition coefficient (Wildman–Crippen LogP) is 1.57. The average Bonchev–Trinajstić information content (AvgIpc) is 2.82. The van der Waals surface area contributed by atoms with Crippen molar-refractivity contribution in [2.75, 3.05) is 17.6 Å². The van der Waals surface area contributed by atoms with Crippen molar-refractivity contribution in [2.45, 2.75) is 32.6 Å². The summed E-state index contributed by atoms with van der Waals surface area (Å²) < 4.78 is 1.83. The number of imidazole rings is 1. The Balaban J connectivity index is 2.28. The summed E-state index contributed by atoms with van der Waals surface area (Å²) in [4.78, 5) is 15.8. The predicted molar refractivity (Wildman–Crippen MR) is 81.3 cm³/mol. The second kappa shape index (κ2) is 6.94. The summed E-state index contributed by atoms with van der Waals surface area (Å²) >= 11 is 0. The van der Waals surface area contributed by atoms with Crippen LogP contribution in [0.1, 0.15) is 31.9 Å². The van der Waals surface area contributed by atoms with E-state index in [0.717, 1.165) is 42.8 Å². The first-order valence-electron chi connectivity index (χ1n) is 7.09. The average molecular weight is 291 g/mol. The highest BCUT2D eigenvalue weighted by atomic mass is 16.5. The first kappa shape index (κ1) is 15.1. The molecule has 5 N–H and O–H groups in total. The Hall–Kier alpha value is -2.28. The van der Waals surface area contributed by atoms with Gasteiger partial charge in [-0.1, -0.05) is 19.8 Å². The maximum absolute atomic E-state index is 11.2. The van der Waals surface area contributed by atoms with Crippen molar-refractivity contribution in [3.05, 3.63) is 24.0 Å². The van der Waals surface area contributed by atoms with Crippen molar-refractivity contribution in [3.63, 3.8) is 0 Å². The van der Waals surface area contributed by atoms with Gasteiger partial charge in [-0.3, -0.25) is 14.4 Å². The fourth-order valence-electron chi connectivity index (χ4n) is 2.22. The van der Waals surface area contributed by atoms with Crippen LogP contribution < -0.4 is 16.5 Å². The largest absolute Gasteiger partial charge is 0.398 e. The molecule has 0 radical (unpaired) electrons. The number of aryl methyl sites for hydroxylation is 1. The number of rotatable bonds is 7. The Morgan fingerprint density at radius 3 is 2.95 bits per heavy atom. The minimum absolute atomic E-state index is 0.0279. The maximum Gasteiger partial charge on any atom is 0.262 e. The summed E-state index contributed by atoms with van der Waals surface area (Å²) in [5.74, 6) is 0.241. The van der Waals surface area contributed by atoms with E-state index in [0.29, 0.717) is 5.69 Å². The van der Waals surface area contributed by atoms with Gasteiger partial charge in [-0.15, -0.1) is 0 Å². The number of carbonyl (C=O) groups excluding carboxylic acids is 1. The number of carbonyl (C=O) groups is 1. The molecule has 0 fully saturated rings. The summed E-state index contributed by atoms with van der Waals surface area (Å²) in [6, 6.07) is 3.64.